The lowest BCUT2D eigenvalue weighted by atomic mass is 10.1. The van der Waals surface area contributed by atoms with Crippen LogP contribution < -0.4 is 5.32 Å². The molecule has 4 heteroatoms. The number of nitrogens with zero attached hydrogens (tertiary/aromatic N) is 2. The van der Waals surface area contributed by atoms with Crippen molar-refractivity contribution in [1.82, 2.24) is 14.9 Å². The van der Waals surface area contributed by atoms with Crippen LogP contribution in [0, 0.1) is 12.7 Å². The first-order chi connectivity index (χ1) is 9.11. The van der Waals surface area contributed by atoms with E-state index in [9.17, 15) is 4.39 Å². The summed E-state index contributed by atoms with van der Waals surface area (Å²) in [6.45, 7) is 7.53. The third-order valence-corrected chi connectivity index (χ3v) is 3.42. The molecule has 1 unspecified atom stereocenters. The van der Waals surface area contributed by atoms with Crippen molar-refractivity contribution in [2.45, 2.75) is 39.9 Å². The van der Waals surface area contributed by atoms with Crippen molar-refractivity contribution in [2.75, 3.05) is 0 Å². The summed E-state index contributed by atoms with van der Waals surface area (Å²) in [5.74, 6) is -0.148. The molecule has 0 saturated heterocycles. The molecule has 19 heavy (non-hydrogen) atoms. The molecule has 1 aromatic heterocycles. The van der Waals surface area contributed by atoms with E-state index in [-0.39, 0.29) is 11.9 Å². The average Bonchev–Trinajstić information content (AvgIpc) is 2.86. The minimum absolute atomic E-state index is 0.107. The number of aryl methyl sites for hydroxylation is 2. The molecule has 1 aromatic carbocycles. The van der Waals surface area contributed by atoms with Gasteiger partial charge in [0, 0.05) is 25.3 Å². The fourth-order valence-corrected chi connectivity index (χ4v) is 2.03. The summed E-state index contributed by atoms with van der Waals surface area (Å²) in [7, 11) is 0. The summed E-state index contributed by atoms with van der Waals surface area (Å²) in [4.78, 5) is 4.13. The normalized spacial score (nSPS) is 12.6. The molecule has 0 fully saturated rings. The summed E-state index contributed by atoms with van der Waals surface area (Å²) in [5.41, 5.74) is 2.78. The van der Waals surface area contributed by atoms with Gasteiger partial charge in [-0.15, -0.1) is 0 Å². The van der Waals surface area contributed by atoms with Crippen molar-refractivity contribution in [3.05, 3.63) is 53.4 Å². The zero-order valence-electron chi connectivity index (χ0n) is 11.7. The Morgan fingerprint density at radius 2 is 2.21 bits per heavy atom. The Labute approximate surface area is 113 Å². The van der Waals surface area contributed by atoms with Gasteiger partial charge >= 0.3 is 0 Å². The highest BCUT2D eigenvalue weighted by atomic mass is 19.1. The van der Waals surface area contributed by atoms with Crippen LogP contribution in [0.25, 0.3) is 0 Å². The van der Waals surface area contributed by atoms with Crippen molar-refractivity contribution in [3.63, 3.8) is 0 Å². The molecule has 1 atom stereocenters. The van der Waals surface area contributed by atoms with E-state index in [4.69, 9.17) is 0 Å². The zero-order chi connectivity index (χ0) is 13.8. The summed E-state index contributed by atoms with van der Waals surface area (Å²) >= 11 is 0. The molecule has 0 aliphatic carbocycles. The summed E-state index contributed by atoms with van der Waals surface area (Å²) in [6.07, 6.45) is 3.69. The Balaban J connectivity index is 2.01. The maximum absolute atomic E-state index is 13.5. The van der Waals surface area contributed by atoms with Gasteiger partial charge in [0.1, 0.15) is 5.82 Å². The number of aromatic nitrogens is 2. The molecule has 1 N–H and O–H groups in total. The topological polar surface area (TPSA) is 29.9 Å². The third-order valence-electron chi connectivity index (χ3n) is 3.42. The van der Waals surface area contributed by atoms with Crippen molar-refractivity contribution < 1.29 is 4.39 Å². The minimum Gasteiger partial charge on any atom is -0.334 e. The second-order valence-electron chi connectivity index (χ2n) is 4.78. The third kappa shape index (κ3) is 3.20. The molecular weight excluding hydrogens is 241 g/mol. The van der Waals surface area contributed by atoms with E-state index in [1.165, 1.54) is 0 Å². The standard InChI is InChI=1S/C15H20FN3/c1-4-19-10-17-8-14(19)9-18-12(3)13-6-5-11(2)15(16)7-13/h5-8,10,12,18H,4,9H2,1-3H3. The summed E-state index contributed by atoms with van der Waals surface area (Å²) < 4.78 is 15.6. The van der Waals surface area contributed by atoms with Gasteiger partial charge in [-0.25, -0.2) is 9.37 Å². The Bertz CT molecular complexity index is 548. The van der Waals surface area contributed by atoms with E-state index in [0.29, 0.717) is 5.56 Å². The Morgan fingerprint density at radius 3 is 2.89 bits per heavy atom. The first-order valence-electron chi connectivity index (χ1n) is 6.60. The molecule has 2 rings (SSSR count). The van der Waals surface area contributed by atoms with Crippen LogP contribution in [0.5, 0.6) is 0 Å². The largest absolute Gasteiger partial charge is 0.334 e. The second kappa shape index (κ2) is 5.97. The molecule has 0 saturated carbocycles. The lowest BCUT2D eigenvalue weighted by Gasteiger charge is -2.15. The monoisotopic (exact) mass is 261 g/mol. The highest BCUT2D eigenvalue weighted by Crippen LogP contribution is 2.16. The van der Waals surface area contributed by atoms with Crippen molar-refractivity contribution in [1.29, 1.82) is 0 Å². The van der Waals surface area contributed by atoms with Gasteiger partial charge < -0.3 is 9.88 Å². The van der Waals surface area contributed by atoms with Gasteiger partial charge in [0.15, 0.2) is 0 Å². The predicted molar refractivity (Wildman–Crippen MR) is 74.3 cm³/mol. The molecular formula is C15H20FN3. The lowest BCUT2D eigenvalue weighted by molar-refractivity contribution is 0.543. The Hall–Kier alpha value is -1.68. The highest BCUT2D eigenvalue weighted by molar-refractivity contribution is 5.25. The number of rotatable bonds is 5. The Kier molecular flexibility index (Phi) is 4.32. The van der Waals surface area contributed by atoms with Gasteiger partial charge in [0.2, 0.25) is 0 Å². The molecule has 0 radical (unpaired) electrons. The molecule has 2 aromatic rings. The number of nitrogens with one attached hydrogen (secondary N) is 1. The fraction of sp³-hybridized carbons (Fsp3) is 0.400. The van der Waals surface area contributed by atoms with Crippen molar-refractivity contribution in [2.24, 2.45) is 0 Å². The zero-order valence-corrected chi connectivity index (χ0v) is 11.7. The molecule has 0 aliphatic rings. The number of hydrogen-bond donors (Lipinski definition) is 1. The van der Waals surface area contributed by atoms with Crippen molar-refractivity contribution >= 4 is 0 Å². The number of imidazole rings is 1. The Morgan fingerprint density at radius 1 is 1.42 bits per heavy atom. The molecule has 102 valence electrons. The number of benzene rings is 1. The molecule has 0 amide bonds. The maximum atomic E-state index is 13.5. The lowest BCUT2D eigenvalue weighted by Crippen LogP contribution is -2.20. The quantitative estimate of drug-likeness (QED) is 0.895. The van der Waals surface area contributed by atoms with Crippen LogP contribution in [0.4, 0.5) is 4.39 Å². The molecule has 0 spiro atoms. The molecule has 0 bridgehead atoms. The van der Waals surface area contributed by atoms with Crippen LogP contribution >= 0.6 is 0 Å². The van der Waals surface area contributed by atoms with Crippen LogP contribution in [0.15, 0.2) is 30.7 Å². The van der Waals surface area contributed by atoms with Gasteiger partial charge in [-0.05, 0) is 38.0 Å². The van der Waals surface area contributed by atoms with Gasteiger partial charge in [-0.3, -0.25) is 0 Å². The van der Waals surface area contributed by atoms with Crippen LogP contribution in [-0.2, 0) is 13.1 Å². The van der Waals surface area contributed by atoms with Crippen LogP contribution in [0.3, 0.4) is 0 Å². The van der Waals surface area contributed by atoms with Gasteiger partial charge in [0.05, 0.1) is 12.0 Å². The average molecular weight is 261 g/mol. The first-order valence-corrected chi connectivity index (χ1v) is 6.60. The molecule has 3 nitrogen and oxygen atoms in total. The maximum Gasteiger partial charge on any atom is 0.126 e. The van der Waals surface area contributed by atoms with E-state index in [2.05, 4.69) is 21.8 Å². The van der Waals surface area contributed by atoms with Crippen LogP contribution in [-0.4, -0.2) is 9.55 Å². The predicted octanol–water partition coefficient (Wildman–Crippen LogP) is 3.20. The number of hydrogen-bond acceptors (Lipinski definition) is 2. The van der Waals surface area contributed by atoms with Gasteiger partial charge in [-0.2, -0.15) is 0 Å². The van der Waals surface area contributed by atoms with Crippen molar-refractivity contribution in [3.8, 4) is 0 Å². The molecule has 1 heterocycles. The van der Waals surface area contributed by atoms with E-state index in [0.717, 1.165) is 24.3 Å². The van der Waals surface area contributed by atoms with E-state index in [1.54, 1.807) is 13.0 Å². The SMILES string of the molecule is CCn1cncc1CNC(C)c1ccc(C)c(F)c1. The highest BCUT2D eigenvalue weighted by Gasteiger charge is 2.08. The minimum atomic E-state index is -0.148. The van der Waals surface area contributed by atoms with E-state index < -0.39 is 0 Å². The van der Waals surface area contributed by atoms with Gasteiger partial charge in [-0.1, -0.05) is 12.1 Å². The smallest absolute Gasteiger partial charge is 0.126 e. The summed E-state index contributed by atoms with van der Waals surface area (Å²) in [5, 5.41) is 3.40. The fourth-order valence-electron chi connectivity index (χ4n) is 2.03. The van der Waals surface area contributed by atoms with E-state index >= 15 is 0 Å². The summed E-state index contributed by atoms with van der Waals surface area (Å²) in [6, 6.07) is 5.49. The molecule has 0 aliphatic heterocycles. The van der Waals surface area contributed by atoms with Gasteiger partial charge in [0.25, 0.3) is 0 Å². The van der Waals surface area contributed by atoms with Crippen LogP contribution in [0.2, 0.25) is 0 Å². The van der Waals surface area contributed by atoms with Crippen LogP contribution in [0.1, 0.15) is 36.7 Å². The second-order valence-corrected chi connectivity index (χ2v) is 4.78. The number of halogens is 1. The first kappa shape index (κ1) is 13.7. The van der Waals surface area contributed by atoms with E-state index in [1.807, 2.05) is 31.6 Å².